The van der Waals surface area contributed by atoms with Crippen molar-refractivity contribution in [2.45, 2.75) is 32.3 Å². The smallest absolute Gasteiger partial charge is 0.339 e. The Morgan fingerprint density at radius 1 is 1.50 bits per heavy atom. The molecule has 0 amide bonds. The SMILES string of the molecule is C=Cc1cccc2c1C(CCCC)OC2=O. The molecule has 0 fully saturated rings. The topological polar surface area (TPSA) is 26.3 Å². The van der Waals surface area contributed by atoms with E-state index in [-0.39, 0.29) is 12.1 Å². The summed E-state index contributed by atoms with van der Waals surface area (Å²) in [6, 6.07) is 5.68. The average Bonchev–Trinajstić information content (AvgIpc) is 2.64. The fourth-order valence-corrected chi connectivity index (χ4v) is 2.14. The molecule has 1 atom stereocenters. The molecule has 0 aromatic heterocycles. The highest BCUT2D eigenvalue weighted by molar-refractivity contribution is 5.95. The Labute approximate surface area is 95.9 Å². The molecule has 16 heavy (non-hydrogen) atoms. The largest absolute Gasteiger partial charge is 0.454 e. The van der Waals surface area contributed by atoms with E-state index in [2.05, 4.69) is 13.5 Å². The van der Waals surface area contributed by atoms with Gasteiger partial charge in [0.05, 0.1) is 5.56 Å². The summed E-state index contributed by atoms with van der Waals surface area (Å²) in [5, 5.41) is 0. The Bertz CT molecular complexity index is 421. The summed E-state index contributed by atoms with van der Waals surface area (Å²) in [5.41, 5.74) is 2.75. The van der Waals surface area contributed by atoms with Crippen LogP contribution >= 0.6 is 0 Å². The van der Waals surface area contributed by atoms with E-state index in [0.29, 0.717) is 5.56 Å². The molecule has 2 heteroatoms. The van der Waals surface area contributed by atoms with Crippen LogP contribution in [0, 0.1) is 0 Å². The molecule has 1 aromatic rings. The number of unbranched alkanes of at least 4 members (excludes halogenated alkanes) is 1. The number of rotatable bonds is 4. The van der Waals surface area contributed by atoms with Gasteiger partial charge in [-0.05, 0) is 24.5 Å². The maximum Gasteiger partial charge on any atom is 0.339 e. The zero-order valence-electron chi connectivity index (χ0n) is 9.53. The zero-order valence-corrected chi connectivity index (χ0v) is 9.53. The Morgan fingerprint density at radius 3 is 3.00 bits per heavy atom. The molecule has 0 saturated carbocycles. The maximum absolute atomic E-state index is 11.7. The molecule has 1 heterocycles. The van der Waals surface area contributed by atoms with Crippen molar-refractivity contribution in [2.24, 2.45) is 0 Å². The summed E-state index contributed by atoms with van der Waals surface area (Å²) in [5.74, 6) is -0.195. The lowest BCUT2D eigenvalue weighted by Crippen LogP contribution is -1.99. The van der Waals surface area contributed by atoms with Crippen molar-refractivity contribution in [2.75, 3.05) is 0 Å². The molecule has 2 rings (SSSR count). The van der Waals surface area contributed by atoms with E-state index in [1.54, 1.807) is 6.08 Å². The van der Waals surface area contributed by atoms with Gasteiger partial charge in [0, 0.05) is 5.56 Å². The summed E-state index contributed by atoms with van der Waals surface area (Å²) < 4.78 is 5.39. The van der Waals surface area contributed by atoms with Crippen LogP contribution in [0.5, 0.6) is 0 Å². The van der Waals surface area contributed by atoms with E-state index in [1.807, 2.05) is 18.2 Å². The van der Waals surface area contributed by atoms with E-state index < -0.39 is 0 Å². The summed E-state index contributed by atoms with van der Waals surface area (Å²) in [4.78, 5) is 11.7. The Hall–Kier alpha value is -1.57. The minimum Gasteiger partial charge on any atom is -0.454 e. The number of cyclic esters (lactones) is 1. The molecular formula is C14H16O2. The zero-order chi connectivity index (χ0) is 11.5. The molecular weight excluding hydrogens is 200 g/mol. The van der Waals surface area contributed by atoms with Gasteiger partial charge in [-0.1, -0.05) is 38.1 Å². The highest BCUT2D eigenvalue weighted by Gasteiger charge is 2.31. The van der Waals surface area contributed by atoms with Crippen molar-refractivity contribution >= 4 is 12.0 Å². The molecule has 1 aliphatic rings. The van der Waals surface area contributed by atoms with Crippen molar-refractivity contribution in [1.29, 1.82) is 0 Å². The van der Waals surface area contributed by atoms with Crippen molar-refractivity contribution < 1.29 is 9.53 Å². The Kier molecular flexibility index (Phi) is 3.09. The third-order valence-corrected chi connectivity index (χ3v) is 2.97. The summed E-state index contributed by atoms with van der Waals surface area (Å²) >= 11 is 0. The van der Waals surface area contributed by atoms with E-state index >= 15 is 0 Å². The number of hydrogen-bond acceptors (Lipinski definition) is 2. The third-order valence-electron chi connectivity index (χ3n) is 2.97. The van der Waals surface area contributed by atoms with Crippen LogP contribution in [0.1, 0.15) is 53.8 Å². The first kappa shape index (κ1) is 10.9. The number of fused-ring (bicyclic) bond motifs is 1. The van der Waals surface area contributed by atoms with Crippen molar-refractivity contribution in [3.63, 3.8) is 0 Å². The van der Waals surface area contributed by atoms with Gasteiger partial charge in [0.1, 0.15) is 6.10 Å². The molecule has 1 unspecified atom stereocenters. The standard InChI is InChI=1S/C14H16O2/c1-3-5-9-12-13-10(4-2)7-6-8-11(13)14(15)16-12/h4,6-8,12H,2-3,5,9H2,1H3. The van der Waals surface area contributed by atoms with Gasteiger partial charge in [-0.2, -0.15) is 0 Å². The molecule has 0 aliphatic carbocycles. The fraction of sp³-hybridized carbons (Fsp3) is 0.357. The van der Waals surface area contributed by atoms with E-state index in [1.165, 1.54) is 0 Å². The quantitative estimate of drug-likeness (QED) is 0.717. The molecule has 1 aromatic carbocycles. The van der Waals surface area contributed by atoms with Gasteiger partial charge in [0.25, 0.3) is 0 Å². The maximum atomic E-state index is 11.7. The van der Waals surface area contributed by atoms with Crippen LogP contribution in [0.15, 0.2) is 24.8 Å². The van der Waals surface area contributed by atoms with Crippen LogP contribution in [0.2, 0.25) is 0 Å². The number of esters is 1. The summed E-state index contributed by atoms with van der Waals surface area (Å²) in [7, 11) is 0. The average molecular weight is 216 g/mol. The molecule has 1 aliphatic heterocycles. The van der Waals surface area contributed by atoms with Gasteiger partial charge in [-0.3, -0.25) is 0 Å². The molecule has 2 nitrogen and oxygen atoms in total. The van der Waals surface area contributed by atoms with Crippen LogP contribution in [0.3, 0.4) is 0 Å². The lowest BCUT2D eigenvalue weighted by molar-refractivity contribution is 0.0364. The molecule has 0 spiro atoms. The monoisotopic (exact) mass is 216 g/mol. The fourth-order valence-electron chi connectivity index (χ4n) is 2.14. The van der Waals surface area contributed by atoms with Crippen molar-refractivity contribution in [1.82, 2.24) is 0 Å². The van der Waals surface area contributed by atoms with E-state index in [0.717, 1.165) is 30.4 Å². The van der Waals surface area contributed by atoms with Gasteiger partial charge < -0.3 is 4.74 Å². The minimum atomic E-state index is -0.195. The van der Waals surface area contributed by atoms with Crippen LogP contribution in [-0.2, 0) is 4.74 Å². The predicted molar refractivity (Wildman–Crippen MR) is 64.2 cm³/mol. The molecule has 0 N–H and O–H groups in total. The number of ether oxygens (including phenoxy) is 1. The third kappa shape index (κ3) is 1.75. The number of hydrogen-bond donors (Lipinski definition) is 0. The lowest BCUT2D eigenvalue weighted by Gasteiger charge is -2.11. The summed E-state index contributed by atoms with van der Waals surface area (Å²) in [6.07, 6.45) is 4.80. The minimum absolute atomic E-state index is 0.0725. The van der Waals surface area contributed by atoms with Crippen LogP contribution in [0.4, 0.5) is 0 Å². The van der Waals surface area contributed by atoms with Gasteiger partial charge in [-0.15, -0.1) is 0 Å². The predicted octanol–water partition coefficient (Wildman–Crippen LogP) is 3.73. The van der Waals surface area contributed by atoms with E-state index in [4.69, 9.17) is 4.74 Å². The van der Waals surface area contributed by atoms with Gasteiger partial charge in [0.15, 0.2) is 0 Å². The number of carbonyl (C=O) groups is 1. The highest BCUT2D eigenvalue weighted by atomic mass is 16.5. The second kappa shape index (κ2) is 4.52. The van der Waals surface area contributed by atoms with E-state index in [9.17, 15) is 4.79 Å². The van der Waals surface area contributed by atoms with Crippen molar-refractivity contribution in [3.8, 4) is 0 Å². The molecule has 0 bridgehead atoms. The number of benzene rings is 1. The Balaban J connectivity index is 2.38. The Morgan fingerprint density at radius 2 is 2.31 bits per heavy atom. The first-order valence-corrected chi connectivity index (χ1v) is 5.74. The van der Waals surface area contributed by atoms with Gasteiger partial charge in [-0.25, -0.2) is 4.79 Å². The normalized spacial score (nSPS) is 18.1. The van der Waals surface area contributed by atoms with Crippen molar-refractivity contribution in [3.05, 3.63) is 41.5 Å². The first-order valence-electron chi connectivity index (χ1n) is 5.74. The highest BCUT2D eigenvalue weighted by Crippen LogP contribution is 2.36. The van der Waals surface area contributed by atoms with Crippen LogP contribution in [-0.4, -0.2) is 5.97 Å². The lowest BCUT2D eigenvalue weighted by atomic mass is 9.96. The number of carbonyl (C=O) groups excluding carboxylic acids is 1. The van der Waals surface area contributed by atoms with Crippen LogP contribution in [0.25, 0.3) is 6.08 Å². The second-order valence-corrected chi connectivity index (χ2v) is 4.05. The van der Waals surface area contributed by atoms with Gasteiger partial charge in [0.2, 0.25) is 0 Å². The summed E-state index contributed by atoms with van der Waals surface area (Å²) in [6.45, 7) is 5.92. The second-order valence-electron chi connectivity index (χ2n) is 4.05. The first-order chi connectivity index (χ1) is 7.77. The van der Waals surface area contributed by atoms with Crippen LogP contribution < -0.4 is 0 Å². The van der Waals surface area contributed by atoms with Gasteiger partial charge >= 0.3 is 5.97 Å². The molecule has 0 saturated heterocycles. The molecule has 84 valence electrons. The molecule has 0 radical (unpaired) electrons.